The molecular weight excluding hydrogens is 621 g/mol. The fraction of sp³-hybridized carbons (Fsp3) is 0.357. The van der Waals surface area contributed by atoms with Gasteiger partial charge in [-0.3, -0.25) is 14.4 Å². The maximum absolute atomic E-state index is 12.8. The van der Waals surface area contributed by atoms with Crippen molar-refractivity contribution in [3.63, 3.8) is 0 Å². The van der Waals surface area contributed by atoms with Crippen LogP contribution in [0.3, 0.4) is 0 Å². The minimum absolute atomic E-state index is 0.00297. The summed E-state index contributed by atoms with van der Waals surface area (Å²) in [5, 5.41) is 18.4. The first-order valence-corrected chi connectivity index (χ1v) is 14.1. The molecule has 1 aromatic heterocycles. The van der Waals surface area contributed by atoms with E-state index in [1.54, 1.807) is 24.3 Å². The molecule has 1 fully saturated rings. The first-order chi connectivity index (χ1) is 21.4. The third-order valence-corrected chi connectivity index (χ3v) is 6.89. The molecule has 13 nitrogen and oxygen atoms in total. The number of alkyl halides is 3. The lowest BCUT2D eigenvalue weighted by Crippen LogP contribution is -2.43. The average molecular weight is 651 g/mol. The molecule has 0 unspecified atom stereocenters. The number of benzene rings is 2. The van der Waals surface area contributed by atoms with E-state index >= 15 is 0 Å². The van der Waals surface area contributed by atoms with E-state index in [1.807, 2.05) is 12.1 Å². The largest absolute Gasteiger partial charge is 0.454 e. The van der Waals surface area contributed by atoms with Gasteiger partial charge in [0, 0.05) is 35.9 Å². The number of hydrogen-bond donors (Lipinski definition) is 5. The Balaban J connectivity index is 1.40. The molecule has 3 aromatic rings. The van der Waals surface area contributed by atoms with Crippen LogP contribution in [0, 0.1) is 0 Å². The van der Waals surface area contributed by atoms with Crippen LogP contribution in [0.15, 0.2) is 48.5 Å². The highest BCUT2D eigenvalue weighted by atomic mass is 35.5. The fourth-order valence-corrected chi connectivity index (χ4v) is 4.40. The molecule has 45 heavy (non-hydrogen) atoms. The van der Waals surface area contributed by atoms with E-state index in [2.05, 4.69) is 30.9 Å². The van der Waals surface area contributed by atoms with Crippen molar-refractivity contribution in [2.75, 3.05) is 43.5 Å². The van der Waals surface area contributed by atoms with Crippen LogP contribution in [-0.4, -0.2) is 81.7 Å². The first kappa shape index (κ1) is 33.2. The van der Waals surface area contributed by atoms with E-state index in [-0.39, 0.29) is 38.1 Å². The number of nitrogens with one attached hydrogen (secondary N) is 3. The van der Waals surface area contributed by atoms with Gasteiger partial charge in [0.1, 0.15) is 0 Å². The second kappa shape index (κ2) is 14.4. The number of primary amides is 1. The van der Waals surface area contributed by atoms with Gasteiger partial charge in [0.2, 0.25) is 11.9 Å². The molecule has 240 valence electrons. The number of aliphatic hydroxyl groups excluding tert-OH is 1. The smallest absolute Gasteiger partial charge is 0.422 e. The van der Waals surface area contributed by atoms with Crippen LogP contribution in [0.5, 0.6) is 6.01 Å². The predicted octanol–water partition coefficient (Wildman–Crippen LogP) is 2.74. The highest BCUT2D eigenvalue weighted by molar-refractivity contribution is 6.34. The number of rotatable bonds is 14. The third-order valence-electron chi connectivity index (χ3n) is 6.64. The zero-order valence-electron chi connectivity index (χ0n) is 23.7. The minimum atomic E-state index is -4.61. The number of carbonyl (C=O) groups is 3. The van der Waals surface area contributed by atoms with Crippen molar-refractivity contribution >= 4 is 46.9 Å². The number of nitrogens with two attached hydrogens (primary N) is 1. The monoisotopic (exact) mass is 650 g/mol. The van der Waals surface area contributed by atoms with Gasteiger partial charge >= 0.3 is 24.0 Å². The number of anilines is 3. The molecule has 0 atom stereocenters. The van der Waals surface area contributed by atoms with Crippen LogP contribution in [0.4, 0.5) is 30.8 Å². The van der Waals surface area contributed by atoms with Gasteiger partial charge < -0.3 is 36.4 Å². The number of aliphatic hydroxyl groups is 1. The summed E-state index contributed by atoms with van der Waals surface area (Å²) in [6, 6.07) is 12.7. The summed E-state index contributed by atoms with van der Waals surface area (Å²) in [5.41, 5.74) is 6.12. The van der Waals surface area contributed by atoms with Crippen molar-refractivity contribution in [3.8, 4) is 6.01 Å². The number of amides is 3. The summed E-state index contributed by atoms with van der Waals surface area (Å²) in [6.07, 6.45) is -2.83. The van der Waals surface area contributed by atoms with E-state index in [4.69, 9.17) is 27.2 Å². The van der Waals surface area contributed by atoms with Crippen molar-refractivity contribution in [1.29, 1.82) is 0 Å². The number of carbonyl (C=O) groups excluding carboxylic acids is 3. The predicted molar refractivity (Wildman–Crippen MR) is 157 cm³/mol. The Morgan fingerprint density at radius 1 is 1.00 bits per heavy atom. The normalized spacial score (nSPS) is 13.4. The summed E-state index contributed by atoms with van der Waals surface area (Å²) in [5.74, 6) is -2.56. The topological polar surface area (TPSA) is 185 Å². The van der Waals surface area contributed by atoms with Gasteiger partial charge in [0.15, 0.2) is 6.61 Å². The van der Waals surface area contributed by atoms with Gasteiger partial charge in [0.05, 0.1) is 12.1 Å². The third kappa shape index (κ3) is 9.64. The van der Waals surface area contributed by atoms with Crippen molar-refractivity contribution in [3.05, 3.63) is 64.7 Å². The van der Waals surface area contributed by atoms with Crippen molar-refractivity contribution in [1.82, 2.24) is 25.2 Å². The maximum Gasteiger partial charge on any atom is 0.422 e. The van der Waals surface area contributed by atoms with Gasteiger partial charge in [-0.25, -0.2) is 0 Å². The van der Waals surface area contributed by atoms with Crippen LogP contribution >= 0.6 is 11.6 Å². The molecule has 4 rings (SSSR count). The Morgan fingerprint density at radius 3 is 2.27 bits per heavy atom. The first-order valence-electron chi connectivity index (χ1n) is 13.7. The number of nitrogens with zero attached hydrogens (tertiary/aromatic N) is 4. The van der Waals surface area contributed by atoms with Gasteiger partial charge in [-0.15, -0.1) is 0 Å². The molecule has 0 spiro atoms. The van der Waals surface area contributed by atoms with Crippen LogP contribution in [0.25, 0.3) is 0 Å². The quantitative estimate of drug-likeness (QED) is 0.128. The van der Waals surface area contributed by atoms with E-state index < -0.39 is 42.1 Å². The summed E-state index contributed by atoms with van der Waals surface area (Å²) in [6.45, 7) is -1.74. The number of hydrogen-bond acceptors (Lipinski definition) is 10. The second-order valence-electron chi connectivity index (χ2n) is 10.1. The second-order valence-corrected chi connectivity index (χ2v) is 10.5. The molecule has 1 heterocycles. The van der Waals surface area contributed by atoms with Gasteiger partial charge in [-0.2, -0.15) is 28.1 Å². The Bertz CT molecular complexity index is 1510. The zero-order valence-corrected chi connectivity index (χ0v) is 24.5. The molecule has 17 heteroatoms. The van der Waals surface area contributed by atoms with Gasteiger partial charge in [-0.1, -0.05) is 23.7 Å². The molecule has 1 saturated carbocycles. The fourth-order valence-electron chi connectivity index (χ4n) is 4.27. The average Bonchev–Trinajstić information content (AvgIpc) is 3.77. The van der Waals surface area contributed by atoms with Crippen LogP contribution in [-0.2, 0) is 15.1 Å². The Morgan fingerprint density at radius 2 is 1.67 bits per heavy atom. The molecular formula is C28H30ClF3N8O5. The summed E-state index contributed by atoms with van der Waals surface area (Å²) >= 11 is 6.00. The Labute approximate surface area is 260 Å². The molecule has 1 aliphatic carbocycles. The van der Waals surface area contributed by atoms with E-state index in [0.717, 1.165) is 23.3 Å². The zero-order chi connectivity index (χ0) is 32.6. The SMILES string of the molecule is NC(=O)C(=O)N(CCO)CCCNC(=O)c1ccc(Nc2nc(NC3(c4ccc(Cl)cc4)CC3)nc(OCC(F)(F)F)n2)cc1. The number of halogens is 4. The standard InChI is InChI=1S/C28H30ClF3N8O5/c29-19-6-4-18(5-7-19)27(10-11-27)39-25-36-24(37-26(38-25)45-16-28(30,31)32)35-20-8-2-17(3-9-20)22(43)34-12-1-13-40(14-15-41)23(44)21(33)42/h2-9,41H,1,10-16H2,(H2,33,42)(H,34,43)(H2,35,36,37,38,39). The minimum Gasteiger partial charge on any atom is -0.454 e. The Hall–Kier alpha value is -4.70. The molecule has 0 saturated heterocycles. The van der Waals surface area contributed by atoms with Crippen molar-refractivity contribution in [2.45, 2.75) is 31.0 Å². The lowest BCUT2D eigenvalue weighted by atomic mass is 10.1. The molecule has 0 radical (unpaired) electrons. The highest BCUT2D eigenvalue weighted by Gasteiger charge is 2.45. The van der Waals surface area contributed by atoms with Crippen LogP contribution in [0.1, 0.15) is 35.2 Å². The van der Waals surface area contributed by atoms with Crippen LogP contribution < -0.4 is 26.4 Å². The molecule has 0 aliphatic heterocycles. The summed E-state index contributed by atoms with van der Waals surface area (Å²) in [7, 11) is 0. The van der Waals surface area contributed by atoms with E-state index in [0.29, 0.717) is 22.7 Å². The van der Waals surface area contributed by atoms with Crippen LogP contribution in [0.2, 0.25) is 5.02 Å². The van der Waals surface area contributed by atoms with E-state index in [1.165, 1.54) is 12.1 Å². The van der Waals surface area contributed by atoms with Crippen molar-refractivity contribution in [2.24, 2.45) is 5.73 Å². The maximum atomic E-state index is 12.8. The van der Waals surface area contributed by atoms with Gasteiger partial charge in [0.25, 0.3) is 5.91 Å². The summed E-state index contributed by atoms with van der Waals surface area (Å²) in [4.78, 5) is 48.8. The highest BCUT2D eigenvalue weighted by Crippen LogP contribution is 2.48. The molecule has 3 amide bonds. The molecule has 6 N–H and O–H groups in total. The van der Waals surface area contributed by atoms with Crippen molar-refractivity contribution < 1.29 is 37.4 Å². The summed E-state index contributed by atoms with van der Waals surface area (Å²) < 4.78 is 43.3. The lowest BCUT2D eigenvalue weighted by Gasteiger charge is -2.20. The molecule has 0 bridgehead atoms. The number of aromatic nitrogens is 3. The van der Waals surface area contributed by atoms with Gasteiger partial charge in [-0.05, 0) is 61.2 Å². The Kier molecular flexibility index (Phi) is 10.6. The molecule has 1 aliphatic rings. The molecule has 2 aromatic carbocycles. The number of ether oxygens (including phenoxy) is 1. The van der Waals surface area contributed by atoms with E-state index in [9.17, 15) is 27.6 Å². The lowest BCUT2D eigenvalue weighted by molar-refractivity contribution is -0.154.